The number of primary amides is 1. The molecule has 0 spiro atoms. The molecule has 0 radical (unpaired) electrons. The van der Waals surface area contributed by atoms with Gasteiger partial charge in [0.2, 0.25) is 11.8 Å². The number of nitrogens with zero attached hydrogens (tertiary/aromatic N) is 2. The Bertz CT molecular complexity index is 1560. The quantitative estimate of drug-likeness (QED) is 0.167. The van der Waals surface area contributed by atoms with Gasteiger partial charge < -0.3 is 30.8 Å². The molecule has 2 unspecified atom stereocenters. The first-order chi connectivity index (χ1) is 21.0. The van der Waals surface area contributed by atoms with Crippen molar-refractivity contribution in [2.75, 3.05) is 6.61 Å². The molecule has 0 fully saturated rings. The molecule has 0 aliphatic carbocycles. The molecule has 4 rings (SSSR count). The van der Waals surface area contributed by atoms with Gasteiger partial charge >= 0.3 is 6.09 Å². The van der Waals surface area contributed by atoms with Gasteiger partial charge in [-0.25, -0.2) is 9.78 Å². The van der Waals surface area contributed by atoms with Crippen LogP contribution < -0.4 is 11.1 Å². The first-order valence-corrected chi connectivity index (χ1v) is 14.5. The SMILES string of the molecule is Cc1cc(C(N)=O)cc(C)c1CC(NC(=O)O)C(=O)N(C(C)C)C(COCc1ccccc1)c1ncc(-c2ccccc2)[nH]1. The number of carboxylic acid groups (broad SMARTS) is 1. The van der Waals surface area contributed by atoms with E-state index in [1.807, 2.05) is 88.4 Å². The van der Waals surface area contributed by atoms with Crippen molar-refractivity contribution in [1.82, 2.24) is 20.2 Å². The fraction of sp³-hybridized carbons (Fsp3) is 0.294. The van der Waals surface area contributed by atoms with Crippen molar-refractivity contribution < 1.29 is 24.2 Å². The number of nitrogens with two attached hydrogens (primary N) is 1. The minimum Gasteiger partial charge on any atom is -0.465 e. The van der Waals surface area contributed by atoms with E-state index in [1.54, 1.807) is 23.2 Å². The number of H-pyrrole nitrogens is 1. The van der Waals surface area contributed by atoms with E-state index in [4.69, 9.17) is 10.5 Å². The molecule has 0 saturated carbocycles. The number of hydrogen-bond acceptors (Lipinski definition) is 5. The predicted molar refractivity (Wildman–Crippen MR) is 168 cm³/mol. The molecule has 10 nitrogen and oxygen atoms in total. The van der Waals surface area contributed by atoms with E-state index in [0.29, 0.717) is 18.0 Å². The number of hydrogen-bond donors (Lipinski definition) is 4. The summed E-state index contributed by atoms with van der Waals surface area (Å²) < 4.78 is 6.15. The summed E-state index contributed by atoms with van der Waals surface area (Å²) in [5, 5.41) is 12.2. The van der Waals surface area contributed by atoms with Gasteiger partial charge in [0, 0.05) is 18.0 Å². The molecule has 0 bridgehead atoms. The van der Waals surface area contributed by atoms with E-state index in [-0.39, 0.29) is 19.1 Å². The normalized spacial score (nSPS) is 12.5. The fourth-order valence-corrected chi connectivity index (χ4v) is 5.38. The van der Waals surface area contributed by atoms with Crippen molar-refractivity contribution in [3.8, 4) is 11.3 Å². The second-order valence-electron chi connectivity index (χ2n) is 11.1. The molecule has 0 saturated heterocycles. The van der Waals surface area contributed by atoms with Gasteiger partial charge in [0.1, 0.15) is 17.9 Å². The zero-order valence-corrected chi connectivity index (χ0v) is 25.4. The highest BCUT2D eigenvalue weighted by molar-refractivity contribution is 5.93. The minimum absolute atomic E-state index is 0.0794. The lowest BCUT2D eigenvalue weighted by Gasteiger charge is -2.36. The summed E-state index contributed by atoms with van der Waals surface area (Å²) in [6.07, 6.45) is 0.478. The molecule has 0 aliphatic heterocycles. The van der Waals surface area contributed by atoms with Crippen LogP contribution >= 0.6 is 0 Å². The van der Waals surface area contributed by atoms with Gasteiger partial charge in [0.25, 0.3) is 0 Å². The van der Waals surface area contributed by atoms with Gasteiger partial charge in [0.15, 0.2) is 0 Å². The summed E-state index contributed by atoms with van der Waals surface area (Å²) in [7, 11) is 0. The molecule has 10 heteroatoms. The molecule has 3 aromatic carbocycles. The topological polar surface area (TPSA) is 151 Å². The zero-order valence-electron chi connectivity index (χ0n) is 25.4. The molecule has 1 heterocycles. The number of imidazole rings is 1. The highest BCUT2D eigenvalue weighted by atomic mass is 16.5. The Balaban J connectivity index is 1.70. The van der Waals surface area contributed by atoms with Crippen LogP contribution in [0.1, 0.15) is 58.3 Å². The van der Waals surface area contributed by atoms with Crippen LogP contribution in [0.15, 0.2) is 79.0 Å². The van der Waals surface area contributed by atoms with Crippen molar-refractivity contribution in [1.29, 1.82) is 0 Å². The van der Waals surface area contributed by atoms with E-state index in [2.05, 4.69) is 15.3 Å². The molecule has 1 aromatic heterocycles. The van der Waals surface area contributed by atoms with Gasteiger partial charge in [-0.3, -0.25) is 9.59 Å². The van der Waals surface area contributed by atoms with Crippen LogP contribution in [0, 0.1) is 13.8 Å². The smallest absolute Gasteiger partial charge is 0.405 e. The summed E-state index contributed by atoms with van der Waals surface area (Å²) in [5.41, 5.74) is 10.8. The Morgan fingerprint density at radius 2 is 1.61 bits per heavy atom. The summed E-state index contributed by atoms with van der Waals surface area (Å²) in [5.74, 6) is -0.464. The van der Waals surface area contributed by atoms with Crippen molar-refractivity contribution in [3.05, 3.63) is 113 Å². The number of ether oxygens (including phenoxy) is 1. The molecule has 2 atom stereocenters. The Hall–Kier alpha value is -4.96. The summed E-state index contributed by atoms with van der Waals surface area (Å²) in [4.78, 5) is 47.8. The molecule has 5 N–H and O–H groups in total. The van der Waals surface area contributed by atoms with Crippen LogP contribution in [-0.2, 0) is 22.6 Å². The lowest BCUT2D eigenvalue weighted by Crippen LogP contribution is -2.53. The average molecular weight is 598 g/mol. The Kier molecular flexibility index (Phi) is 10.5. The highest BCUT2D eigenvalue weighted by Gasteiger charge is 2.35. The number of aryl methyl sites for hydroxylation is 2. The molecular weight excluding hydrogens is 558 g/mol. The van der Waals surface area contributed by atoms with Crippen LogP contribution in [0.2, 0.25) is 0 Å². The van der Waals surface area contributed by atoms with Crippen LogP contribution in [0.3, 0.4) is 0 Å². The number of nitrogens with one attached hydrogen (secondary N) is 2. The largest absolute Gasteiger partial charge is 0.465 e. The number of rotatable bonds is 13. The highest BCUT2D eigenvalue weighted by Crippen LogP contribution is 2.27. The van der Waals surface area contributed by atoms with Crippen molar-refractivity contribution in [2.24, 2.45) is 5.73 Å². The number of carbonyl (C=O) groups excluding carboxylic acids is 2. The van der Waals surface area contributed by atoms with Gasteiger partial charge in [-0.05, 0) is 67.6 Å². The summed E-state index contributed by atoms with van der Waals surface area (Å²) in [6.45, 7) is 7.81. The molecule has 230 valence electrons. The lowest BCUT2D eigenvalue weighted by molar-refractivity contribution is -0.140. The lowest BCUT2D eigenvalue weighted by atomic mass is 9.93. The number of aromatic amines is 1. The van der Waals surface area contributed by atoms with E-state index in [0.717, 1.165) is 33.5 Å². The van der Waals surface area contributed by atoms with E-state index < -0.39 is 30.0 Å². The predicted octanol–water partition coefficient (Wildman–Crippen LogP) is 5.17. The molecule has 0 aliphatic rings. The Morgan fingerprint density at radius 3 is 2.18 bits per heavy atom. The zero-order chi connectivity index (χ0) is 31.8. The van der Waals surface area contributed by atoms with Crippen molar-refractivity contribution in [2.45, 2.75) is 58.8 Å². The first-order valence-electron chi connectivity index (χ1n) is 14.5. The Morgan fingerprint density at radius 1 is 1.00 bits per heavy atom. The van der Waals surface area contributed by atoms with E-state index in [1.165, 1.54) is 0 Å². The molecular formula is C34H39N5O5. The standard InChI is InChI=1S/C34H39N5O5/c1-21(2)39(33(41)28(38-34(42)43)17-27-22(3)15-26(31(35)40)16-23(27)4)30(20-44-19-24-11-7-5-8-12-24)32-36-18-29(37-32)25-13-9-6-10-14-25/h5-16,18,21,28,30,38H,17,19-20H2,1-4H3,(H2,35,40)(H,36,37)(H,42,43). The maximum atomic E-state index is 14.4. The van der Waals surface area contributed by atoms with Gasteiger partial charge in [-0.1, -0.05) is 60.7 Å². The second kappa shape index (κ2) is 14.5. The third-order valence-corrected chi connectivity index (χ3v) is 7.51. The molecule has 3 amide bonds. The van der Waals surface area contributed by atoms with Gasteiger partial charge in [0.05, 0.1) is 25.1 Å². The van der Waals surface area contributed by atoms with Crippen LogP contribution in [0.4, 0.5) is 4.79 Å². The molecule has 44 heavy (non-hydrogen) atoms. The van der Waals surface area contributed by atoms with Crippen molar-refractivity contribution >= 4 is 17.9 Å². The first kappa shape index (κ1) is 32.0. The van der Waals surface area contributed by atoms with Gasteiger partial charge in [-0.2, -0.15) is 0 Å². The Labute approximate surface area is 257 Å². The van der Waals surface area contributed by atoms with Gasteiger partial charge in [-0.15, -0.1) is 0 Å². The second-order valence-corrected chi connectivity index (χ2v) is 11.1. The third-order valence-electron chi connectivity index (χ3n) is 7.51. The molecule has 4 aromatic rings. The van der Waals surface area contributed by atoms with Crippen LogP contribution in [-0.4, -0.2) is 56.6 Å². The fourth-order valence-electron chi connectivity index (χ4n) is 5.38. The van der Waals surface area contributed by atoms with E-state index in [9.17, 15) is 19.5 Å². The monoisotopic (exact) mass is 597 g/mol. The van der Waals surface area contributed by atoms with Crippen LogP contribution in [0.5, 0.6) is 0 Å². The minimum atomic E-state index is -1.32. The number of aromatic nitrogens is 2. The van der Waals surface area contributed by atoms with E-state index >= 15 is 0 Å². The number of amides is 3. The number of carbonyl (C=O) groups is 3. The number of benzene rings is 3. The average Bonchev–Trinajstić information content (AvgIpc) is 3.48. The summed E-state index contributed by atoms with van der Waals surface area (Å²) in [6, 6.07) is 20.6. The maximum absolute atomic E-state index is 14.4. The summed E-state index contributed by atoms with van der Waals surface area (Å²) >= 11 is 0. The van der Waals surface area contributed by atoms with Crippen molar-refractivity contribution in [3.63, 3.8) is 0 Å². The van der Waals surface area contributed by atoms with Crippen LogP contribution in [0.25, 0.3) is 11.3 Å². The maximum Gasteiger partial charge on any atom is 0.405 e. The third kappa shape index (κ3) is 7.90.